The van der Waals surface area contributed by atoms with Crippen molar-refractivity contribution in [3.05, 3.63) is 23.8 Å². The third-order valence-corrected chi connectivity index (χ3v) is 3.00. The zero-order valence-corrected chi connectivity index (χ0v) is 10.3. The molecule has 0 heterocycles. The van der Waals surface area contributed by atoms with Gasteiger partial charge in [-0.3, -0.25) is 0 Å². The van der Waals surface area contributed by atoms with E-state index in [-0.39, 0.29) is 12.1 Å². The molecule has 0 radical (unpaired) electrons. The predicted molar refractivity (Wildman–Crippen MR) is 65.1 cm³/mol. The molecule has 0 N–H and O–H groups in total. The molecule has 2 aliphatic carbocycles. The Morgan fingerprint density at radius 3 is 2.22 bits per heavy atom. The van der Waals surface area contributed by atoms with E-state index >= 15 is 0 Å². The van der Waals surface area contributed by atoms with E-state index in [9.17, 15) is 4.79 Å². The monoisotopic (exact) mass is 248 g/mol. The second kappa shape index (κ2) is 4.52. The quantitative estimate of drug-likeness (QED) is 0.751. The summed E-state index contributed by atoms with van der Waals surface area (Å²) in [7, 11) is 1.37. The van der Waals surface area contributed by atoms with Crippen molar-refractivity contribution < 1.29 is 19.0 Å². The topological polar surface area (TPSA) is 44.8 Å². The Balaban J connectivity index is 1.84. The first-order chi connectivity index (χ1) is 8.76. The normalized spacial score (nSPS) is 18.3. The molecule has 0 atom stereocenters. The van der Waals surface area contributed by atoms with Crippen LogP contribution in [-0.4, -0.2) is 25.3 Å². The van der Waals surface area contributed by atoms with Gasteiger partial charge in [0.25, 0.3) is 0 Å². The van der Waals surface area contributed by atoms with E-state index in [0.717, 1.165) is 31.4 Å². The lowest BCUT2D eigenvalue weighted by molar-refractivity contribution is 0.0600. The van der Waals surface area contributed by atoms with Gasteiger partial charge in [-0.1, -0.05) is 0 Å². The van der Waals surface area contributed by atoms with Gasteiger partial charge < -0.3 is 14.2 Å². The van der Waals surface area contributed by atoms with Crippen LogP contribution in [0.1, 0.15) is 36.0 Å². The van der Waals surface area contributed by atoms with Crippen molar-refractivity contribution in [2.75, 3.05) is 7.11 Å². The minimum absolute atomic E-state index is 0.277. The van der Waals surface area contributed by atoms with Crippen molar-refractivity contribution in [3.8, 4) is 11.5 Å². The van der Waals surface area contributed by atoms with Crippen LogP contribution < -0.4 is 9.47 Å². The second-order valence-corrected chi connectivity index (χ2v) is 4.79. The number of methoxy groups -OCH3 is 1. The molecule has 1 aromatic carbocycles. The molecule has 4 nitrogen and oxygen atoms in total. The van der Waals surface area contributed by atoms with Gasteiger partial charge in [0, 0.05) is 0 Å². The average molecular weight is 248 g/mol. The van der Waals surface area contributed by atoms with E-state index in [1.165, 1.54) is 7.11 Å². The minimum atomic E-state index is -0.353. The van der Waals surface area contributed by atoms with Gasteiger partial charge >= 0.3 is 5.97 Å². The SMILES string of the molecule is COC(=O)c1ccc(OC2CC2)c(OC2CC2)c1. The number of hydrogen-bond donors (Lipinski definition) is 0. The fourth-order valence-electron chi connectivity index (χ4n) is 1.67. The van der Waals surface area contributed by atoms with Gasteiger partial charge in [-0.25, -0.2) is 4.79 Å². The lowest BCUT2D eigenvalue weighted by atomic mass is 10.2. The molecule has 1 aromatic rings. The van der Waals surface area contributed by atoms with E-state index in [1.54, 1.807) is 18.2 Å². The Morgan fingerprint density at radius 1 is 1.06 bits per heavy atom. The van der Waals surface area contributed by atoms with E-state index in [4.69, 9.17) is 14.2 Å². The van der Waals surface area contributed by atoms with Crippen LogP contribution in [0.4, 0.5) is 0 Å². The third-order valence-electron chi connectivity index (χ3n) is 3.00. The molecule has 0 saturated heterocycles. The van der Waals surface area contributed by atoms with E-state index in [1.807, 2.05) is 0 Å². The summed E-state index contributed by atoms with van der Waals surface area (Å²) in [6, 6.07) is 5.22. The first-order valence-corrected chi connectivity index (χ1v) is 6.32. The molecule has 2 aliphatic rings. The van der Waals surface area contributed by atoms with Gasteiger partial charge in [0.05, 0.1) is 24.9 Å². The second-order valence-electron chi connectivity index (χ2n) is 4.79. The van der Waals surface area contributed by atoms with Crippen molar-refractivity contribution in [3.63, 3.8) is 0 Å². The van der Waals surface area contributed by atoms with Crippen molar-refractivity contribution in [1.82, 2.24) is 0 Å². The first kappa shape index (κ1) is 11.4. The van der Waals surface area contributed by atoms with Gasteiger partial charge in [-0.05, 0) is 43.9 Å². The van der Waals surface area contributed by atoms with Crippen LogP contribution in [0.5, 0.6) is 11.5 Å². The Labute approximate surface area is 106 Å². The van der Waals surface area contributed by atoms with Crippen LogP contribution in [0.3, 0.4) is 0 Å². The van der Waals surface area contributed by atoms with Crippen LogP contribution in [0.2, 0.25) is 0 Å². The number of rotatable bonds is 5. The molecular weight excluding hydrogens is 232 g/mol. The first-order valence-electron chi connectivity index (χ1n) is 6.32. The summed E-state index contributed by atoms with van der Waals surface area (Å²) in [5.41, 5.74) is 0.497. The highest BCUT2D eigenvalue weighted by molar-refractivity contribution is 5.90. The molecule has 0 spiro atoms. The summed E-state index contributed by atoms with van der Waals surface area (Å²) in [5, 5.41) is 0. The van der Waals surface area contributed by atoms with Crippen LogP contribution >= 0.6 is 0 Å². The Bertz CT molecular complexity index is 461. The van der Waals surface area contributed by atoms with Crippen molar-refractivity contribution in [2.24, 2.45) is 0 Å². The lowest BCUT2D eigenvalue weighted by Crippen LogP contribution is -2.06. The minimum Gasteiger partial charge on any atom is -0.487 e. The maximum atomic E-state index is 11.5. The molecule has 4 heteroatoms. The van der Waals surface area contributed by atoms with Crippen molar-refractivity contribution in [2.45, 2.75) is 37.9 Å². The molecule has 0 amide bonds. The fraction of sp³-hybridized carbons (Fsp3) is 0.500. The maximum absolute atomic E-state index is 11.5. The summed E-state index contributed by atoms with van der Waals surface area (Å²) < 4.78 is 16.3. The van der Waals surface area contributed by atoms with Gasteiger partial charge in [0.15, 0.2) is 11.5 Å². The molecular formula is C14H16O4. The molecule has 0 unspecified atom stereocenters. The number of carbonyl (C=O) groups excluding carboxylic acids is 1. The highest BCUT2D eigenvalue weighted by atomic mass is 16.5. The van der Waals surface area contributed by atoms with Gasteiger partial charge in [-0.15, -0.1) is 0 Å². The Kier molecular flexibility index (Phi) is 2.86. The number of benzene rings is 1. The van der Waals surface area contributed by atoms with E-state index in [0.29, 0.717) is 17.4 Å². The Hall–Kier alpha value is -1.71. The standard InChI is InChI=1S/C14H16O4/c1-16-14(15)9-2-7-12(17-10-3-4-10)13(8-9)18-11-5-6-11/h2,7-8,10-11H,3-6H2,1H3. The summed E-state index contributed by atoms with van der Waals surface area (Å²) in [6.45, 7) is 0. The zero-order chi connectivity index (χ0) is 12.5. The highest BCUT2D eigenvalue weighted by Crippen LogP contribution is 2.37. The fourth-order valence-corrected chi connectivity index (χ4v) is 1.67. The van der Waals surface area contributed by atoms with Crippen LogP contribution in [0.15, 0.2) is 18.2 Å². The molecule has 18 heavy (non-hydrogen) atoms. The lowest BCUT2D eigenvalue weighted by Gasteiger charge is -2.13. The maximum Gasteiger partial charge on any atom is 0.337 e. The summed E-state index contributed by atoms with van der Waals surface area (Å²) in [6.07, 6.45) is 4.94. The van der Waals surface area contributed by atoms with Crippen LogP contribution in [0.25, 0.3) is 0 Å². The molecule has 0 bridgehead atoms. The zero-order valence-electron chi connectivity index (χ0n) is 10.3. The summed E-state index contributed by atoms with van der Waals surface area (Å²) in [5.74, 6) is 1.04. The molecule has 0 aromatic heterocycles. The Morgan fingerprint density at radius 2 is 1.67 bits per heavy atom. The molecule has 2 fully saturated rings. The number of hydrogen-bond acceptors (Lipinski definition) is 4. The average Bonchev–Trinajstić information content (AvgIpc) is 3.25. The van der Waals surface area contributed by atoms with Gasteiger partial charge in [0.1, 0.15) is 0 Å². The number of esters is 1. The van der Waals surface area contributed by atoms with Gasteiger partial charge in [0.2, 0.25) is 0 Å². The number of ether oxygens (including phenoxy) is 3. The molecule has 0 aliphatic heterocycles. The number of carbonyl (C=O) groups is 1. The van der Waals surface area contributed by atoms with Crippen LogP contribution in [0, 0.1) is 0 Å². The van der Waals surface area contributed by atoms with E-state index < -0.39 is 0 Å². The van der Waals surface area contributed by atoms with Gasteiger partial charge in [-0.2, -0.15) is 0 Å². The molecule has 96 valence electrons. The van der Waals surface area contributed by atoms with E-state index in [2.05, 4.69) is 0 Å². The third kappa shape index (κ3) is 2.58. The highest BCUT2D eigenvalue weighted by Gasteiger charge is 2.28. The molecule has 2 saturated carbocycles. The van der Waals surface area contributed by atoms with Crippen molar-refractivity contribution in [1.29, 1.82) is 0 Å². The largest absolute Gasteiger partial charge is 0.487 e. The summed E-state index contributed by atoms with van der Waals surface area (Å²) >= 11 is 0. The smallest absolute Gasteiger partial charge is 0.337 e. The predicted octanol–water partition coefficient (Wildman–Crippen LogP) is 2.56. The molecule has 3 rings (SSSR count). The summed E-state index contributed by atoms with van der Waals surface area (Å²) in [4.78, 5) is 11.5. The van der Waals surface area contributed by atoms with Crippen molar-refractivity contribution >= 4 is 5.97 Å². The van der Waals surface area contributed by atoms with Crippen LogP contribution in [-0.2, 0) is 4.74 Å².